The van der Waals surface area contributed by atoms with Gasteiger partial charge in [-0.3, -0.25) is 4.79 Å². The van der Waals surface area contributed by atoms with Crippen molar-refractivity contribution in [1.82, 2.24) is 20.5 Å². The number of rotatable bonds is 6. The number of aryl methyl sites for hydroxylation is 1. The number of hydrogen-bond acceptors (Lipinski definition) is 6. The van der Waals surface area contributed by atoms with Crippen molar-refractivity contribution in [3.63, 3.8) is 0 Å². The molecule has 1 unspecified atom stereocenters. The highest BCUT2D eigenvalue weighted by Crippen LogP contribution is 2.29. The fraction of sp³-hybridized carbons (Fsp3) is 0.500. The Labute approximate surface area is 178 Å². The molecule has 158 valence electrons. The van der Waals surface area contributed by atoms with Gasteiger partial charge in [-0.05, 0) is 32.8 Å². The molecule has 0 aromatic carbocycles. The summed E-state index contributed by atoms with van der Waals surface area (Å²) >= 11 is 12.2. The van der Waals surface area contributed by atoms with Crippen molar-refractivity contribution in [3.8, 4) is 0 Å². The van der Waals surface area contributed by atoms with Gasteiger partial charge in [-0.25, -0.2) is 14.7 Å². The van der Waals surface area contributed by atoms with Crippen molar-refractivity contribution in [2.24, 2.45) is 4.99 Å². The highest BCUT2D eigenvalue weighted by molar-refractivity contribution is 6.44. The number of halogens is 2. The van der Waals surface area contributed by atoms with E-state index >= 15 is 0 Å². The molecule has 29 heavy (non-hydrogen) atoms. The van der Waals surface area contributed by atoms with Crippen LogP contribution in [0.2, 0.25) is 10.0 Å². The second-order valence-electron chi connectivity index (χ2n) is 6.81. The lowest BCUT2D eigenvalue weighted by atomic mass is 10.0. The molecule has 4 N–H and O–H groups in total. The normalized spacial score (nSPS) is 22.8. The standard InChI is InChI=1S/C18H23Cl2N5O4/c1-3-29-18(21-7-4-12(24-18)17(27)28)25-8-5-11(6-9-25)23-16(26)15-14(20)13(19)10(2)22-15/h4,7,11,21-22H,3,5-6,8-9H2,1-2H3,(H,23,26)(H,27,28). The van der Waals surface area contributed by atoms with Gasteiger partial charge in [0.05, 0.1) is 10.0 Å². The molecule has 9 nitrogen and oxygen atoms in total. The number of carboxylic acids is 1. The Morgan fingerprint density at radius 1 is 1.38 bits per heavy atom. The smallest absolute Gasteiger partial charge is 0.354 e. The number of aromatic nitrogens is 1. The molecule has 3 rings (SSSR count). The molecule has 3 heterocycles. The van der Waals surface area contributed by atoms with E-state index in [0.717, 1.165) is 0 Å². The Bertz CT molecular complexity index is 861. The molecular formula is C18H23Cl2N5O4. The SMILES string of the molecule is CCOC1(N2CCC(NC(=O)c3[nH]c(C)c(Cl)c3Cl)CC2)N=C(C(=O)O)C=CN1. The summed E-state index contributed by atoms with van der Waals surface area (Å²) in [7, 11) is 0. The zero-order valence-electron chi connectivity index (χ0n) is 16.1. The summed E-state index contributed by atoms with van der Waals surface area (Å²) in [4.78, 5) is 33.0. The zero-order chi connectivity index (χ0) is 21.2. The van der Waals surface area contributed by atoms with Crippen molar-refractivity contribution in [2.75, 3.05) is 19.7 Å². The van der Waals surface area contributed by atoms with Gasteiger partial charge in [0.15, 0.2) is 5.71 Å². The Kier molecular flexibility index (Phi) is 6.52. The quantitative estimate of drug-likeness (QED) is 0.534. The van der Waals surface area contributed by atoms with Crippen LogP contribution in [-0.4, -0.2) is 64.3 Å². The van der Waals surface area contributed by atoms with Gasteiger partial charge in [0.2, 0.25) is 0 Å². The van der Waals surface area contributed by atoms with E-state index < -0.39 is 11.9 Å². The third-order valence-corrected chi connectivity index (χ3v) is 5.84. The largest absolute Gasteiger partial charge is 0.477 e. The number of amides is 1. The van der Waals surface area contributed by atoms with Gasteiger partial charge in [-0.15, -0.1) is 0 Å². The topological polar surface area (TPSA) is 119 Å². The van der Waals surface area contributed by atoms with Gasteiger partial charge in [0.1, 0.15) is 5.69 Å². The Hall–Kier alpha value is -2.07. The monoisotopic (exact) mass is 443 g/mol. The van der Waals surface area contributed by atoms with Gasteiger partial charge in [-0.2, -0.15) is 0 Å². The summed E-state index contributed by atoms with van der Waals surface area (Å²) in [5.41, 5.74) is 0.803. The van der Waals surface area contributed by atoms with Crippen LogP contribution in [0.25, 0.3) is 0 Å². The number of carbonyl (C=O) groups excluding carboxylic acids is 1. The number of ether oxygens (including phenoxy) is 1. The number of hydrogen-bond donors (Lipinski definition) is 4. The summed E-state index contributed by atoms with van der Waals surface area (Å²) in [5.74, 6) is -2.70. The Morgan fingerprint density at radius 3 is 2.62 bits per heavy atom. The van der Waals surface area contributed by atoms with Crippen molar-refractivity contribution < 1.29 is 19.4 Å². The van der Waals surface area contributed by atoms with Crippen LogP contribution in [-0.2, 0) is 9.53 Å². The fourth-order valence-electron chi connectivity index (χ4n) is 3.42. The minimum absolute atomic E-state index is 0.0714. The first-order valence-electron chi connectivity index (χ1n) is 9.28. The lowest BCUT2D eigenvalue weighted by Crippen LogP contribution is -2.62. The third kappa shape index (κ3) is 4.42. The summed E-state index contributed by atoms with van der Waals surface area (Å²) in [6, 6.07) is -0.0714. The molecule has 1 aromatic rings. The second kappa shape index (κ2) is 8.74. The van der Waals surface area contributed by atoms with Gasteiger partial charge < -0.3 is 25.5 Å². The molecule has 1 atom stereocenters. The van der Waals surface area contributed by atoms with Crippen LogP contribution in [0.4, 0.5) is 0 Å². The minimum atomic E-state index is -1.26. The molecule has 0 spiro atoms. The van der Waals surface area contributed by atoms with E-state index in [4.69, 9.17) is 27.9 Å². The van der Waals surface area contributed by atoms with Gasteiger partial charge >= 0.3 is 11.9 Å². The van der Waals surface area contributed by atoms with E-state index in [1.807, 2.05) is 11.8 Å². The zero-order valence-corrected chi connectivity index (χ0v) is 17.6. The highest BCUT2D eigenvalue weighted by Gasteiger charge is 2.41. The number of carboxylic acid groups (broad SMARTS) is 1. The summed E-state index contributed by atoms with van der Waals surface area (Å²) < 4.78 is 5.80. The Balaban J connectivity index is 1.66. The first-order chi connectivity index (χ1) is 13.8. The summed E-state index contributed by atoms with van der Waals surface area (Å²) in [6.07, 6.45) is 4.18. The number of aliphatic imine (C=N–C) groups is 1. The van der Waals surface area contributed by atoms with E-state index in [1.54, 1.807) is 6.92 Å². The predicted octanol–water partition coefficient (Wildman–Crippen LogP) is 2.11. The summed E-state index contributed by atoms with van der Waals surface area (Å²) in [6.45, 7) is 4.99. The number of nitrogens with zero attached hydrogens (tertiary/aromatic N) is 2. The number of aromatic amines is 1. The van der Waals surface area contributed by atoms with Crippen molar-refractivity contribution >= 4 is 40.8 Å². The van der Waals surface area contributed by atoms with Crippen LogP contribution in [0, 0.1) is 6.92 Å². The van der Waals surface area contributed by atoms with Gasteiger partial charge in [-0.1, -0.05) is 23.2 Å². The van der Waals surface area contributed by atoms with Crippen LogP contribution in [0.15, 0.2) is 17.3 Å². The second-order valence-corrected chi connectivity index (χ2v) is 7.56. The van der Waals surface area contributed by atoms with E-state index in [2.05, 4.69) is 20.6 Å². The first kappa shape index (κ1) is 21.6. The predicted molar refractivity (Wildman–Crippen MR) is 109 cm³/mol. The van der Waals surface area contributed by atoms with Crippen LogP contribution < -0.4 is 10.6 Å². The molecule has 1 amide bonds. The number of likely N-dealkylation sites (tertiary alicyclic amines) is 1. The average molecular weight is 444 g/mol. The average Bonchev–Trinajstić information content (AvgIpc) is 2.96. The van der Waals surface area contributed by atoms with Crippen LogP contribution in [0.1, 0.15) is 35.9 Å². The van der Waals surface area contributed by atoms with Crippen molar-refractivity contribution in [1.29, 1.82) is 0 Å². The maximum absolute atomic E-state index is 12.5. The number of aliphatic carboxylic acids is 1. The molecule has 11 heteroatoms. The molecule has 0 bridgehead atoms. The number of H-pyrrole nitrogens is 1. The first-order valence-corrected chi connectivity index (χ1v) is 10.0. The summed E-state index contributed by atoms with van der Waals surface area (Å²) in [5, 5.41) is 15.8. The highest BCUT2D eigenvalue weighted by atomic mass is 35.5. The maximum atomic E-state index is 12.5. The molecule has 2 aliphatic rings. The molecular weight excluding hydrogens is 421 g/mol. The molecule has 1 fully saturated rings. The maximum Gasteiger partial charge on any atom is 0.354 e. The van der Waals surface area contributed by atoms with Crippen LogP contribution >= 0.6 is 23.2 Å². The van der Waals surface area contributed by atoms with Gasteiger partial charge in [0.25, 0.3) is 5.91 Å². The van der Waals surface area contributed by atoms with Gasteiger partial charge in [0, 0.05) is 37.6 Å². The van der Waals surface area contributed by atoms with Crippen LogP contribution in [0.5, 0.6) is 0 Å². The molecule has 0 radical (unpaired) electrons. The molecule has 0 aliphatic carbocycles. The third-order valence-electron chi connectivity index (χ3n) is 4.89. The molecule has 1 saturated heterocycles. The van der Waals surface area contributed by atoms with E-state index in [-0.39, 0.29) is 28.4 Å². The lowest BCUT2D eigenvalue weighted by Gasteiger charge is -2.44. The van der Waals surface area contributed by atoms with Crippen molar-refractivity contribution in [2.45, 2.75) is 38.7 Å². The fourth-order valence-corrected chi connectivity index (χ4v) is 3.84. The van der Waals surface area contributed by atoms with Crippen LogP contribution in [0.3, 0.4) is 0 Å². The Morgan fingerprint density at radius 2 is 2.07 bits per heavy atom. The number of nitrogens with one attached hydrogen (secondary N) is 3. The number of piperidine rings is 1. The van der Waals surface area contributed by atoms with E-state index in [9.17, 15) is 14.7 Å². The van der Waals surface area contributed by atoms with Crippen molar-refractivity contribution in [3.05, 3.63) is 33.7 Å². The lowest BCUT2D eigenvalue weighted by molar-refractivity contribution is -0.170. The minimum Gasteiger partial charge on any atom is -0.477 e. The molecule has 0 saturated carbocycles. The van der Waals surface area contributed by atoms with E-state index in [0.29, 0.717) is 43.3 Å². The van der Waals surface area contributed by atoms with E-state index in [1.165, 1.54) is 12.3 Å². The number of carbonyl (C=O) groups is 2. The molecule has 2 aliphatic heterocycles. The molecule has 1 aromatic heterocycles.